The van der Waals surface area contributed by atoms with E-state index in [0.717, 1.165) is 63.1 Å². The van der Waals surface area contributed by atoms with Crippen LogP contribution >= 0.6 is 0 Å². The van der Waals surface area contributed by atoms with Crippen LogP contribution in [0.2, 0.25) is 0 Å². The minimum atomic E-state index is 0.0259. The highest BCUT2D eigenvalue weighted by molar-refractivity contribution is 5.78. The number of benzene rings is 2. The van der Waals surface area contributed by atoms with Crippen LogP contribution in [0.4, 0.5) is 0 Å². The number of hydrogen-bond donors (Lipinski definition) is 1. The standard InChI is InChI=1S/C27H36N2O3/c1-31-24-11-5-9-23(19-24)20-26(30)28-21-25-12-13-27(32-25)14-17-29(18-15-27)16-6-10-22-7-3-2-4-8-22/h2-5,7-9,11,19,25H,6,10,12-18,20-21H2,1H3,(H,28,30)/t25-/m1/s1. The van der Waals surface area contributed by atoms with Crippen LogP contribution in [0.15, 0.2) is 54.6 Å². The first kappa shape index (κ1) is 22.8. The Kier molecular flexibility index (Phi) is 7.82. The fraction of sp³-hybridized carbons (Fsp3) is 0.519. The number of piperidine rings is 1. The number of methoxy groups -OCH3 is 1. The SMILES string of the molecule is COc1cccc(CC(=O)NC[C@H]2CCC3(CCN(CCCc4ccccc4)CC3)O2)c1. The van der Waals surface area contributed by atoms with Gasteiger partial charge in [0.15, 0.2) is 0 Å². The molecule has 1 N–H and O–H groups in total. The van der Waals surface area contributed by atoms with E-state index in [1.807, 2.05) is 24.3 Å². The zero-order chi connectivity index (χ0) is 22.2. The summed E-state index contributed by atoms with van der Waals surface area (Å²) in [6.07, 6.45) is 7.21. The molecule has 0 bridgehead atoms. The number of aryl methyl sites for hydroxylation is 1. The molecule has 2 heterocycles. The average Bonchev–Trinajstić information content (AvgIpc) is 3.22. The Morgan fingerprint density at radius 2 is 1.88 bits per heavy atom. The van der Waals surface area contributed by atoms with Crippen molar-refractivity contribution in [3.05, 3.63) is 65.7 Å². The van der Waals surface area contributed by atoms with Gasteiger partial charge in [-0.05, 0) is 68.3 Å². The van der Waals surface area contributed by atoms with Crippen LogP contribution in [0, 0.1) is 0 Å². The fourth-order valence-electron chi connectivity index (χ4n) is 5.00. The molecule has 1 amide bonds. The molecule has 2 aliphatic rings. The van der Waals surface area contributed by atoms with Crippen molar-refractivity contribution in [2.24, 2.45) is 0 Å². The van der Waals surface area contributed by atoms with E-state index in [-0.39, 0.29) is 17.6 Å². The van der Waals surface area contributed by atoms with Crippen LogP contribution in [0.3, 0.4) is 0 Å². The molecule has 172 valence electrons. The summed E-state index contributed by atoms with van der Waals surface area (Å²) in [7, 11) is 1.64. The molecular formula is C27H36N2O3. The van der Waals surface area contributed by atoms with Crippen LogP contribution in [0.1, 0.15) is 43.2 Å². The first-order valence-corrected chi connectivity index (χ1v) is 12.0. The third-order valence-electron chi connectivity index (χ3n) is 6.91. The molecule has 5 nitrogen and oxygen atoms in total. The van der Waals surface area contributed by atoms with Crippen molar-refractivity contribution in [1.82, 2.24) is 10.2 Å². The van der Waals surface area contributed by atoms with E-state index in [2.05, 4.69) is 40.5 Å². The van der Waals surface area contributed by atoms with Gasteiger partial charge in [0, 0.05) is 19.6 Å². The van der Waals surface area contributed by atoms with Gasteiger partial charge in [-0.15, -0.1) is 0 Å². The quantitative estimate of drug-likeness (QED) is 0.646. The molecule has 1 atom stereocenters. The molecular weight excluding hydrogens is 400 g/mol. The maximum absolute atomic E-state index is 12.4. The number of carbonyl (C=O) groups excluding carboxylic acids is 1. The van der Waals surface area contributed by atoms with E-state index in [0.29, 0.717) is 13.0 Å². The van der Waals surface area contributed by atoms with Gasteiger partial charge in [-0.3, -0.25) is 4.79 Å². The number of ether oxygens (including phenoxy) is 2. The van der Waals surface area contributed by atoms with E-state index in [9.17, 15) is 4.79 Å². The number of hydrogen-bond acceptors (Lipinski definition) is 4. The van der Waals surface area contributed by atoms with Gasteiger partial charge in [-0.2, -0.15) is 0 Å². The van der Waals surface area contributed by atoms with Gasteiger partial charge in [0.2, 0.25) is 5.91 Å². The molecule has 2 fully saturated rings. The van der Waals surface area contributed by atoms with Crippen LogP contribution in [0.25, 0.3) is 0 Å². The summed E-state index contributed by atoms with van der Waals surface area (Å²) >= 11 is 0. The third-order valence-corrected chi connectivity index (χ3v) is 6.91. The number of likely N-dealkylation sites (tertiary alicyclic amines) is 1. The van der Waals surface area contributed by atoms with Crippen LogP contribution in [-0.4, -0.2) is 55.8 Å². The highest BCUT2D eigenvalue weighted by Crippen LogP contribution is 2.38. The summed E-state index contributed by atoms with van der Waals surface area (Å²) < 4.78 is 11.7. The lowest BCUT2D eigenvalue weighted by Crippen LogP contribution is -2.45. The molecule has 4 rings (SSSR count). The molecule has 0 unspecified atom stereocenters. The summed E-state index contributed by atoms with van der Waals surface area (Å²) in [6, 6.07) is 18.4. The second kappa shape index (κ2) is 11.0. The van der Waals surface area contributed by atoms with Crippen LogP contribution in [-0.2, 0) is 22.4 Å². The Morgan fingerprint density at radius 1 is 1.09 bits per heavy atom. The lowest BCUT2D eigenvalue weighted by Gasteiger charge is -2.39. The third kappa shape index (κ3) is 6.33. The van der Waals surface area contributed by atoms with Crippen molar-refractivity contribution >= 4 is 5.91 Å². The molecule has 2 aliphatic heterocycles. The van der Waals surface area contributed by atoms with Crippen molar-refractivity contribution in [1.29, 1.82) is 0 Å². The average molecular weight is 437 g/mol. The second-order valence-electron chi connectivity index (χ2n) is 9.22. The number of rotatable bonds is 9. The summed E-state index contributed by atoms with van der Waals surface area (Å²) in [5.74, 6) is 0.818. The molecule has 5 heteroatoms. The van der Waals surface area contributed by atoms with Crippen molar-refractivity contribution in [3.63, 3.8) is 0 Å². The topological polar surface area (TPSA) is 50.8 Å². The maximum atomic E-state index is 12.4. The van der Waals surface area contributed by atoms with E-state index in [1.54, 1.807) is 7.11 Å². The normalized spacial score (nSPS) is 20.3. The Labute approximate surface area is 192 Å². The first-order chi connectivity index (χ1) is 15.6. The second-order valence-corrected chi connectivity index (χ2v) is 9.22. The summed E-state index contributed by atoms with van der Waals surface area (Å²) in [5.41, 5.74) is 2.42. The van der Waals surface area contributed by atoms with Gasteiger partial charge in [0.1, 0.15) is 5.75 Å². The van der Waals surface area contributed by atoms with Gasteiger partial charge < -0.3 is 19.7 Å². The number of nitrogens with one attached hydrogen (secondary N) is 1. The number of carbonyl (C=O) groups is 1. The van der Waals surface area contributed by atoms with E-state index in [1.165, 1.54) is 12.0 Å². The van der Waals surface area contributed by atoms with Gasteiger partial charge in [-0.1, -0.05) is 42.5 Å². The van der Waals surface area contributed by atoms with Crippen molar-refractivity contribution in [2.75, 3.05) is 33.3 Å². The van der Waals surface area contributed by atoms with Crippen molar-refractivity contribution in [2.45, 2.75) is 56.7 Å². The molecule has 0 radical (unpaired) electrons. The number of nitrogens with zero attached hydrogens (tertiary/aromatic N) is 1. The molecule has 0 aromatic heterocycles. The maximum Gasteiger partial charge on any atom is 0.224 e. The molecule has 2 saturated heterocycles. The summed E-state index contributed by atoms with van der Waals surface area (Å²) in [4.78, 5) is 15.0. The molecule has 0 saturated carbocycles. The van der Waals surface area contributed by atoms with Gasteiger partial charge in [-0.25, -0.2) is 0 Å². The minimum Gasteiger partial charge on any atom is -0.497 e. The zero-order valence-corrected chi connectivity index (χ0v) is 19.2. The van der Waals surface area contributed by atoms with Gasteiger partial charge in [0.25, 0.3) is 0 Å². The van der Waals surface area contributed by atoms with E-state index < -0.39 is 0 Å². The Balaban J connectivity index is 1.14. The predicted octanol–water partition coefficient (Wildman–Crippen LogP) is 4.00. The Morgan fingerprint density at radius 3 is 2.66 bits per heavy atom. The molecule has 32 heavy (non-hydrogen) atoms. The lowest BCUT2D eigenvalue weighted by molar-refractivity contribution is -0.122. The zero-order valence-electron chi connectivity index (χ0n) is 19.2. The fourth-order valence-corrected chi connectivity index (χ4v) is 5.00. The molecule has 0 aliphatic carbocycles. The minimum absolute atomic E-state index is 0.0259. The number of amides is 1. The van der Waals surface area contributed by atoms with Gasteiger partial charge >= 0.3 is 0 Å². The Hall–Kier alpha value is -2.37. The largest absolute Gasteiger partial charge is 0.497 e. The van der Waals surface area contributed by atoms with Crippen LogP contribution in [0.5, 0.6) is 5.75 Å². The lowest BCUT2D eigenvalue weighted by atomic mass is 9.88. The summed E-state index contributed by atoms with van der Waals surface area (Å²) in [5, 5.41) is 3.07. The van der Waals surface area contributed by atoms with E-state index in [4.69, 9.17) is 9.47 Å². The van der Waals surface area contributed by atoms with Crippen molar-refractivity contribution in [3.8, 4) is 5.75 Å². The van der Waals surface area contributed by atoms with Gasteiger partial charge in [0.05, 0.1) is 25.2 Å². The van der Waals surface area contributed by atoms with Crippen LogP contribution < -0.4 is 10.1 Å². The van der Waals surface area contributed by atoms with Crippen molar-refractivity contribution < 1.29 is 14.3 Å². The van der Waals surface area contributed by atoms with E-state index >= 15 is 0 Å². The predicted molar refractivity (Wildman–Crippen MR) is 127 cm³/mol. The molecule has 1 spiro atoms. The molecule has 2 aromatic carbocycles. The highest BCUT2D eigenvalue weighted by Gasteiger charge is 2.42. The monoisotopic (exact) mass is 436 g/mol. The summed E-state index contributed by atoms with van der Waals surface area (Å²) in [6.45, 7) is 3.99. The molecule has 2 aromatic rings. The first-order valence-electron chi connectivity index (χ1n) is 12.0. The highest BCUT2D eigenvalue weighted by atomic mass is 16.5. The Bertz CT molecular complexity index is 862. The smallest absolute Gasteiger partial charge is 0.224 e.